The third kappa shape index (κ3) is 5.95. The van der Waals surface area contributed by atoms with Crippen LogP contribution >= 0.6 is 0 Å². The number of anilines is 1. The van der Waals surface area contributed by atoms with Crippen LogP contribution in [0.25, 0.3) is 17.2 Å². The van der Waals surface area contributed by atoms with Crippen molar-refractivity contribution < 1.29 is 24.2 Å². The van der Waals surface area contributed by atoms with Gasteiger partial charge in [0.1, 0.15) is 6.61 Å². The maximum absolute atomic E-state index is 12.4. The molecule has 0 radical (unpaired) electrons. The summed E-state index contributed by atoms with van der Waals surface area (Å²) in [6.07, 6.45) is 2.27. The van der Waals surface area contributed by atoms with Crippen LogP contribution in [0.4, 0.5) is 10.5 Å². The van der Waals surface area contributed by atoms with Crippen LogP contribution in [-0.4, -0.2) is 35.7 Å². The number of ether oxygens (including phenoxy) is 1. The Balaban J connectivity index is 1.30. The summed E-state index contributed by atoms with van der Waals surface area (Å²) in [6.45, 7) is 1.86. The fraction of sp³-hybridized carbons (Fsp3) is 0.179. The maximum Gasteiger partial charge on any atom is 0.411 e. The molecule has 1 atom stereocenters. The molecule has 0 spiro atoms. The van der Waals surface area contributed by atoms with Crippen molar-refractivity contribution in [1.82, 2.24) is 5.32 Å². The smallest absolute Gasteiger partial charge is 0.411 e. The van der Waals surface area contributed by atoms with Gasteiger partial charge in [0.2, 0.25) is 5.91 Å². The number of carbonyl (C=O) groups excluding carboxylic acids is 2. The topological polar surface area (TPSA) is 105 Å². The van der Waals surface area contributed by atoms with Gasteiger partial charge in [-0.1, -0.05) is 60.7 Å². The summed E-state index contributed by atoms with van der Waals surface area (Å²) in [4.78, 5) is 35.0. The van der Waals surface area contributed by atoms with Crippen molar-refractivity contribution in [2.45, 2.75) is 25.3 Å². The van der Waals surface area contributed by atoms with E-state index in [-0.39, 0.29) is 24.9 Å². The van der Waals surface area contributed by atoms with E-state index in [2.05, 4.69) is 34.9 Å². The van der Waals surface area contributed by atoms with Crippen molar-refractivity contribution >= 4 is 29.7 Å². The number of hydrogen-bond donors (Lipinski definition) is 3. The molecule has 1 aliphatic carbocycles. The van der Waals surface area contributed by atoms with Crippen LogP contribution in [0.3, 0.4) is 0 Å². The molecular weight excluding hydrogens is 444 g/mol. The molecule has 4 rings (SSSR count). The zero-order chi connectivity index (χ0) is 24.8. The molecule has 7 nitrogen and oxygen atoms in total. The van der Waals surface area contributed by atoms with Gasteiger partial charge in [-0.3, -0.25) is 14.9 Å². The van der Waals surface area contributed by atoms with Gasteiger partial charge in [-0.15, -0.1) is 0 Å². The molecule has 1 aliphatic rings. The SMILES string of the molecule is C[C@@H](CC(=O)O)NC(=O)/C=C/c1ccc(NC(=O)OCC2c3ccccc3-c3ccccc32)cc1. The molecule has 178 valence electrons. The van der Waals surface area contributed by atoms with E-state index in [0.29, 0.717) is 5.69 Å². The number of benzene rings is 3. The number of carbonyl (C=O) groups is 3. The first kappa shape index (κ1) is 23.8. The second-order valence-electron chi connectivity index (χ2n) is 8.41. The Bertz CT molecular complexity index is 1220. The van der Waals surface area contributed by atoms with Crippen molar-refractivity contribution in [3.05, 3.63) is 95.6 Å². The van der Waals surface area contributed by atoms with Crippen molar-refractivity contribution in [1.29, 1.82) is 0 Å². The zero-order valence-corrected chi connectivity index (χ0v) is 19.2. The van der Waals surface area contributed by atoms with Crippen LogP contribution in [0, 0.1) is 0 Å². The number of aliphatic carboxylic acids is 1. The Morgan fingerprint density at radius 2 is 1.54 bits per heavy atom. The van der Waals surface area contributed by atoms with Crippen LogP contribution in [0.1, 0.15) is 36.0 Å². The highest BCUT2D eigenvalue weighted by atomic mass is 16.5. The lowest BCUT2D eigenvalue weighted by Gasteiger charge is -2.14. The van der Waals surface area contributed by atoms with E-state index in [1.54, 1.807) is 37.3 Å². The van der Waals surface area contributed by atoms with E-state index in [4.69, 9.17) is 9.84 Å². The van der Waals surface area contributed by atoms with Gasteiger partial charge in [-0.2, -0.15) is 0 Å². The average molecular weight is 471 g/mol. The first-order chi connectivity index (χ1) is 16.9. The Morgan fingerprint density at radius 3 is 2.14 bits per heavy atom. The second kappa shape index (κ2) is 10.7. The van der Waals surface area contributed by atoms with Gasteiger partial charge in [0.15, 0.2) is 0 Å². The number of hydrogen-bond acceptors (Lipinski definition) is 4. The van der Waals surface area contributed by atoms with E-state index in [9.17, 15) is 14.4 Å². The van der Waals surface area contributed by atoms with Gasteiger partial charge < -0.3 is 15.2 Å². The van der Waals surface area contributed by atoms with Crippen LogP contribution in [-0.2, 0) is 14.3 Å². The number of carboxylic acids is 1. The molecular formula is C28H26N2O5. The molecule has 0 fully saturated rings. The Kier molecular flexibility index (Phi) is 7.26. The quantitative estimate of drug-likeness (QED) is 0.400. The minimum atomic E-state index is -0.971. The second-order valence-corrected chi connectivity index (χ2v) is 8.41. The van der Waals surface area contributed by atoms with Crippen molar-refractivity contribution in [2.24, 2.45) is 0 Å². The summed E-state index contributed by atoms with van der Waals surface area (Å²) < 4.78 is 5.56. The van der Waals surface area contributed by atoms with Gasteiger partial charge in [0.25, 0.3) is 0 Å². The van der Waals surface area contributed by atoms with E-state index in [1.165, 1.54) is 17.2 Å². The summed E-state index contributed by atoms with van der Waals surface area (Å²) in [6, 6.07) is 22.8. The first-order valence-electron chi connectivity index (χ1n) is 11.3. The summed E-state index contributed by atoms with van der Waals surface area (Å²) in [7, 11) is 0. The summed E-state index contributed by atoms with van der Waals surface area (Å²) in [5, 5.41) is 14.1. The molecule has 3 aromatic rings. The number of amides is 2. The third-order valence-corrected chi connectivity index (χ3v) is 5.80. The highest BCUT2D eigenvalue weighted by molar-refractivity contribution is 5.92. The maximum atomic E-state index is 12.4. The molecule has 3 N–H and O–H groups in total. The first-order valence-corrected chi connectivity index (χ1v) is 11.3. The molecule has 0 unspecified atom stereocenters. The Labute approximate surface area is 203 Å². The minimum Gasteiger partial charge on any atom is -0.481 e. The molecule has 0 saturated heterocycles. The molecule has 3 aromatic carbocycles. The molecule has 0 heterocycles. The number of carboxylic acid groups (broad SMARTS) is 1. The van der Waals surface area contributed by atoms with Gasteiger partial charge >= 0.3 is 12.1 Å². The van der Waals surface area contributed by atoms with Gasteiger partial charge in [0, 0.05) is 23.7 Å². The van der Waals surface area contributed by atoms with E-state index < -0.39 is 18.1 Å². The molecule has 0 aliphatic heterocycles. The Morgan fingerprint density at radius 1 is 0.943 bits per heavy atom. The number of nitrogens with one attached hydrogen (secondary N) is 2. The summed E-state index contributed by atoms with van der Waals surface area (Å²) in [5.74, 6) is -1.36. The fourth-order valence-electron chi connectivity index (χ4n) is 4.21. The lowest BCUT2D eigenvalue weighted by Crippen LogP contribution is -2.32. The van der Waals surface area contributed by atoms with Gasteiger partial charge in [-0.05, 0) is 52.9 Å². The predicted molar refractivity (Wildman–Crippen MR) is 134 cm³/mol. The molecule has 2 amide bonds. The summed E-state index contributed by atoms with van der Waals surface area (Å²) >= 11 is 0. The normalized spacial score (nSPS) is 13.1. The monoisotopic (exact) mass is 470 g/mol. The standard InChI is InChI=1S/C28H26N2O5/c1-18(16-27(32)33)29-26(31)15-12-19-10-13-20(14-11-19)30-28(34)35-17-25-23-8-4-2-6-21(23)22-7-3-5-9-24(22)25/h2-15,18,25H,16-17H2,1H3,(H,29,31)(H,30,34)(H,32,33)/b15-12+/t18-/m0/s1. The highest BCUT2D eigenvalue weighted by Crippen LogP contribution is 2.44. The van der Waals surface area contributed by atoms with Gasteiger partial charge in [-0.25, -0.2) is 4.79 Å². The summed E-state index contributed by atoms with van der Waals surface area (Å²) in [5.41, 5.74) is 5.97. The molecule has 0 saturated carbocycles. The van der Waals surface area contributed by atoms with E-state index in [1.807, 2.05) is 24.3 Å². The molecule has 35 heavy (non-hydrogen) atoms. The lowest BCUT2D eigenvalue weighted by atomic mass is 9.98. The van der Waals surface area contributed by atoms with Crippen LogP contribution in [0.15, 0.2) is 78.9 Å². The average Bonchev–Trinajstić information content (AvgIpc) is 3.15. The third-order valence-electron chi connectivity index (χ3n) is 5.80. The van der Waals surface area contributed by atoms with Crippen LogP contribution in [0.5, 0.6) is 0 Å². The predicted octanol–water partition coefficient (Wildman–Crippen LogP) is 5.04. The van der Waals surface area contributed by atoms with Gasteiger partial charge in [0.05, 0.1) is 6.42 Å². The van der Waals surface area contributed by atoms with E-state index >= 15 is 0 Å². The molecule has 0 bridgehead atoms. The van der Waals surface area contributed by atoms with E-state index in [0.717, 1.165) is 16.7 Å². The number of rotatable bonds is 8. The number of fused-ring (bicyclic) bond motifs is 3. The largest absolute Gasteiger partial charge is 0.481 e. The van der Waals surface area contributed by atoms with Crippen molar-refractivity contribution in [3.8, 4) is 11.1 Å². The Hall–Kier alpha value is -4.39. The zero-order valence-electron chi connectivity index (χ0n) is 19.2. The highest BCUT2D eigenvalue weighted by Gasteiger charge is 2.29. The lowest BCUT2D eigenvalue weighted by molar-refractivity contribution is -0.137. The molecule has 7 heteroatoms. The fourth-order valence-corrected chi connectivity index (χ4v) is 4.21. The minimum absolute atomic E-state index is 0.00923. The van der Waals surface area contributed by atoms with Crippen molar-refractivity contribution in [3.63, 3.8) is 0 Å². The van der Waals surface area contributed by atoms with Crippen molar-refractivity contribution in [2.75, 3.05) is 11.9 Å². The van der Waals surface area contributed by atoms with Crippen LogP contribution in [0.2, 0.25) is 0 Å². The molecule has 0 aromatic heterocycles. The van der Waals surface area contributed by atoms with Crippen LogP contribution < -0.4 is 10.6 Å².